The summed E-state index contributed by atoms with van der Waals surface area (Å²) in [6, 6.07) is 7.60. The van der Waals surface area contributed by atoms with Crippen molar-refractivity contribution in [3.8, 4) is 28.7 Å². The fourth-order valence-corrected chi connectivity index (χ4v) is 6.63. The molecule has 2 heterocycles. The van der Waals surface area contributed by atoms with Gasteiger partial charge in [-0.1, -0.05) is 44.9 Å². The van der Waals surface area contributed by atoms with Crippen molar-refractivity contribution in [2.24, 2.45) is 11.8 Å². The van der Waals surface area contributed by atoms with Crippen LogP contribution in [0.3, 0.4) is 0 Å². The number of cyclic esters (lactones) is 1. The lowest BCUT2D eigenvalue weighted by atomic mass is 9.67. The summed E-state index contributed by atoms with van der Waals surface area (Å²) in [6.07, 6.45) is 10.0. The first-order chi connectivity index (χ1) is 21.4. The molecular weight excluding hydrogens is 568 g/mol. The number of esters is 2. The fourth-order valence-electron chi connectivity index (χ4n) is 6.63. The van der Waals surface area contributed by atoms with Gasteiger partial charge in [0, 0.05) is 24.7 Å². The molecule has 1 N–H and O–H groups in total. The molecule has 3 atom stereocenters. The van der Waals surface area contributed by atoms with Crippen LogP contribution >= 0.6 is 0 Å². The van der Waals surface area contributed by atoms with Gasteiger partial charge >= 0.3 is 17.9 Å². The van der Waals surface area contributed by atoms with E-state index in [4.69, 9.17) is 33.5 Å². The van der Waals surface area contributed by atoms with Gasteiger partial charge in [-0.2, -0.15) is 0 Å². The van der Waals surface area contributed by atoms with Crippen LogP contribution in [0.2, 0.25) is 0 Å². The standard InChI is InChI=1S/C34H42O10/c1-39-27-16-22(31-24-18-26-25(42-20-43-26)15-21(24)14-23-19-41-34(38)32(23)31)17-28(40-2)33(27)44-30(37)13-11-9-7-5-3-4-6-8-10-12-29(35)36/h15-18,23,31-32H,3-14,19-20H2,1-2H3,(H,35,36)/t23-,31+,32-/m0/s1. The molecule has 238 valence electrons. The van der Waals surface area contributed by atoms with Crippen molar-refractivity contribution in [2.45, 2.75) is 83.0 Å². The van der Waals surface area contributed by atoms with Gasteiger partial charge in [0.15, 0.2) is 23.0 Å². The van der Waals surface area contributed by atoms with E-state index in [1.165, 1.54) is 14.2 Å². The molecule has 0 aromatic heterocycles. The monoisotopic (exact) mass is 610 g/mol. The first-order valence-electron chi connectivity index (χ1n) is 15.7. The van der Waals surface area contributed by atoms with Gasteiger partial charge in [-0.05, 0) is 60.2 Å². The van der Waals surface area contributed by atoms with E-state index in [0.717, 1.165) is 74.5 Å². The number of rotatable bonds is 16. The number of carbonyl (C=O) groups is 3. The van der Waals surface area contributed by atoms with Crippen molar-refractivity contribution in [1.29, 1.82) is 0 Å². The smallest absolute Gasteiger partial charge is 0.311 e. The van der Waals surface area contributed by atoms with Crippen molar-refractivity contribution in [1.82, 2.24) is 0 Å². The van der Waals surface area contributed by atoms with Gasteiger partial charge in [-0.25, -0.2) is 0 Å². The maximum atomic E-state index is 13.0. The maximum absolute atomic E-state index is 13.0. The van der Waals surface area contributed by atoms with E-state index in [0.29, 0.717) is 36.0 Å². The van der Waals surface area contributed by atoms with Crippen molar-refractivity contribution < 1.29 is 47.9 Å². The van der Waals surface area contributed by atoms with E-state index >= 15 is 0 Å². The summed E-state index contributed by atoms with van der Waals surface area (Å²) >= 11 is 0. The number of benzene rings is 2. The average molecular weight is 611 g/mol. The van der Waals surface area contributed by atoms with Crippen LogP contribution in [-0.2, 0) is 25.5 Å². The molecule has 0 radical (unpaired) electrons. The summed E-state index contributed by atoms with van der Waals surface area (Å²) in [5.74, 6) is 0.289. The summed E-state index contributed by atoms with van der Waals surface area (Å²) in [5, 5.41) is 8.69. The second-order valence-electron chi connectivity index (χ2n) is 11.8. The van der Waals surface area contributed by atoms with Gasteiger partial charge in [0.25, 0.3) is 0 Å². The lowest BCUT2D eigenvalue weighted by Crippen LogP contribution is -2.31. The molecule has 1 fully saturated rings. The first-order valence-corrected chi connectivity index (χ1v) is 15.7. The quantitative estimate of drug-likeness (QED) is 0.134. The number of fused-ring (bicyclic) bond motifs is 3. The van der Waals surface area contributed by atoms with Gasteiger partial charge in [-0.15, -0.1) is 0 Å². The van der Waals surface area contributed by atoms with E-state index < -0.39 is 5.97 Å². The summed E-state index contributed by atoms with van der Waals surface area (Å²) in [6.45, 7) is 0.531. The van der Waals surface area contributed by atoms with Gasteiger partial charge in [0.05, 0.1) is 26.7 Å². The minimum atomic E-state index is -0.729. The van der Waals surface area contributed by atoms with Crippen LogP contribution in [0.25, 0.3) is 0 Å². The van der Waals surface area contributed by atoms with Crippen LogP contribution < -0.4 is 23.7 Å². The molecule has 10 heteroatoms. The highest BCUT2D eigenvalue weighted by Crippen LogP contribution is 2.52. The molecule has 0 unspecified atom stereocenters. The predicted molar refractivity (Wildman–Crippen MR) is 160 cm³/mol. The Hall–Kier alpha value is -3.95. The Balaban J connectivity index is 1.21. The molecule has 2 aliphatic heterocycles. The molecule has 0 amide bonds. The fraction of sp³-hybridized carbons (Fsp3) is 0.559. The highest BCUT2D eigenvalue weighted by atomic mass is 16.7. The van der Waals surface area contributed by atoms with Crippen molar-refractivity contribution in [3.63, 3.8) is 0 Å². The number of methoxy groups -OCH3 is 2. The molecule has 0 saturated carbocycles. The number of unbranched alkanes of at least 4 members (excludes halogenated alkanes) is 8. The van der Waals surface area contributed by atoms with Crippen LogP contribution in [0.1, 0.15) is 93.2 Å². The number of hydrogen-bond donors (Lipinski definition) is 1. The summed E-state index contributed by atoms with van der Waals surface area (Å²) in [7, 11) is 3.03. The second-order valence-corrected chi connectivity index (χ2v) is 11.8. The molecular formula is C34H42O10. The maximum Gasteiger partial charge on any atom is 0.311 e. The molecule has 0 bridgehead atoms. The normalized spacial score (nSPS) is 19.6. The Bertz CT molecular complexity index is 1330. The van der Waals surface area contributed by atoms with E-state index in [9.17, 15) is 14.4 Å². The zero-order chi connectivity index (χ0) is 31.1. The van der Waals surface area contributed by atoms with Gasteiger partial charge in [0.1, 0.15) is 0 Å². The molecule has 1 aliphatic carbocycles. The Morgan fingerprint density at radius 1 is 0.818 bits per heavy atom. The first kappa shape index (κ1) is 31.5. The third-order valence-electron chi connectivity index (χ3n) is 8.86. The number of carbonyl (C=O) groups excluding carboxylic acids is 2. The van der Waals surface area contributed by atoms with Crippen LogP contribution in [0.5, 0.6) is 28.7 Å². The molecule has 1 saturated heterocycles. The number of carboxylic acids is 1. The average Bonchev–Trinajstić information content (AvgIpc) is 3.63. The Labute approximate surface area is 257 Å². The predicted octanol–water partition coefficient (Wildman–Crippen LogP) is 6.19. The number of carboxylic acid groups (broad SMARTS) is 1. The third-order valence-corrected chi connectivity index (χ3v) is 8.86. The van der Waals surface area contributed by atoms with Crippen LogP contribution in [0, 0.1) is 11.8 Å². The molecule has 5 rings (SSSR count). The zero-order valence-electron chi connectivity index (χ0n) is 25.6. The zero-order valence-corrected chi connectivity index (χ0v) is 25.6. The highest BCUT2D eigenvalue weighted by Gasteiger charge is 2.48. The summed E-state index contributed by atoms with van der Waals surface area (Å²) in [4.78, 5) is 36.4. The van der Waals surface area contributed by atoms with Gasteiger partial charge in [-0.3, -0.25) is 14.4 Å². The summed E-state index contributed by atoms with van der Waals surface area (Å²) < 4.78 is 34.0. The van der Waals surface area contributed by atoms with E-state index in [1.54, 1.807) is 0 Å². The molecule has 44 heavy (non-hydrogen) atoms. The molecule has 2 aromatic rings. The van der Waals surface area contributed by atoms with Crippen molar-refractivity contribution >= 4 is 17.9 Å². The highest BCUT2D eigenvalue weighted by molar-refractivity contribution is 5.79. The molecule has 2 aromatic carbocycles. The Morgan fingerprint density at radius 2 is 1.41 bits per heavy atom. The Morgan fingerprint density at radius 3 is 2.02 bits per heavy atom. The lowest BCUT2D eigenvalue weighted by Gasteiger charge is -2.34. The van der Waals surface area contributed by atoms with Gasteiger partial charge < -0.3 is 33.5 Å². The van der Waals surface area contributed by atoms with Crippen LogP contribution in [-0.4, -0.2) is 50.6 Å². The van der Waals surface area contributed by atoms with Crippen molar-refractivity contribution in [3.05, 3.63) is 41.0 Å². The van der Waals surface area contributed by atoms with E-state index in [-0.39, 0.29) is 55.1 Å². The largest absolute Gasteiger partial charge is 0.493 e. The van der Waals surface area contributed by atoms with E-state index in [2.05, 4.69) is 0 Å². The molecule has 10 nitrogen and oxygen atoms in total. The molecule has 3 aliphatic rings. The number of hydrogen-bond acceptors (Lipinski definition) is 9. The Kier molecular flexibility index (Phi) is 10.5. The van der Waals surface area contributed by atoms with Crippen LogP contribution in [0.15, 0.2) is 24.3 Å². The minimum Gasteiger partial charge on any atom is -0.493 e. The van der Waals surface area contributed by atoms with Crippen molar-refractivity contribution in [2.75, 3.05) is 27.6 Å². The number of aliphatic carboxylic acids is 1. The van der Waals surface area contributed by atoms with Gasteiger partial charge in [0.2, 0.25) is 12.5 Å². The third kappa shape index (κ3) is 7.22. The van der Waals surface area contributed by atoms with Crippen LogP contribution in [0.4, 0.5) is 0 Å². The number of ether oxygens (including phenoxy) is 6. The molecule has 0 spiro atoms. The summed E-state index contributed by atoms with van der Waals surface area (Å²) in [5.41, 5.74) is 2.86. The SMILES string of the molecule is COc1cc([C@@H]2c3cc4c(cc3C[C@H]3COC(=O)[C@@H]32)OCO4)cc(OC)c1OC(=O)CCCCCCCCCCCC(=O)O. The van der Waals surface area contributed by atoms with E-state index in [1.807, 2.05) is 24.3 Å². The minimum absolute atomic E-state index is 0.0266. The second kappa shape index (κ2) is 14.7. The lowest BCUT2D eigenvalue weighted by molar-refractivity contribution is -0.141. The topological polar surface area (TPSA) is 127 Å².